The van der Waals surface area contributed by atoms with Crippen LogP contribution in [0.25, 0.3) is 11.1 Å². The molecule has 0 saturated carbocycles. The molecule has 0 saturated heterocycles. The number of aliphatic hydroxyl groups excluding tert-OH is 1. The van der Waals surface area contributed by atoms with Crippen molar-refractivity contribution in [3.8, 4) is 22.6 Å². The van der Waals surface area contributed by atoms with Crippen molar-refractivity contribution in [2.24, 2.45) is 0 Å². The van der Waals surface area contributed by atoms with Crippen LogP contribution in [0.3, 0.4) is 0 Å². The van der Waals surface area contributed by atoms with E-state index in [1.165, 1.54) is 12.1 Å². The van der Waals surface area contributed by atoms with Crippen LogP contribution >= 0.6 is 0 Å². The van der Waals surface area contributed by atoms with Gasteiger partial charge in [0.15, 0.2) is 17.4 Å². The second-order valence-electron chi connectivity index (χ2n) is 7.19. The Morgan fingerprint density at radius 3 is 1.93 bits per heavy atom. The van der Waals surface area contributed by atoms with Gasteiger partial charge in [-0.3, -0.25) is 0 Å². The smallest absolute Gasteiger partial charge is 0.190 e. The fourth-order valence-electron chi connectivity index (χ4n) is 3.07. The van der Waals surface area contributed by atoms with Crippen molar-refractivity contribution in [3.05, 3.63) is 48.0 Å². The predicted octanol–water partition coefficient (Wildman–Crippen LogP) is 6.52. The molecular formula is C24H32F2O3. The zero-order valence-corrected chi connectivity index (χ0v) is 17.3. The molecule has 0 amide bonds. The topological polar surface area (TPSA) is 38.7 Å². The molecule has 0 aliphatic rings. The van der Waals surface area contributed by atoms with Gasteiger partial charge < -0.3 is 14.6 Å². The summed E-state index contributed by atoms with van der Waals surface area (Å²) in [6.45, 7) is 3.27. The quantitative estimate of drug-likeness (QED) is 0.363. The van der Waals surface area contributed by atoms with Gasteiger partial charge in [0.2, 0.25) is 0 Å². The summed E-state index contributed by atoms with van der Waals surface area (Å²) in [5.74, 6) is -0.937. The number of benzene rings is 2. The number of ether oxygens (including phenoxy) is 2. The first-order valence-electron chi connectivity index (χ1n) is 10.6. The molecule has 0 unspecified atom stereocenters. The van der Waals surface area contributed by atoms with Gasteiger partial charge in [0.1, 0.15) is 5.75 Å². The van der Waals surface area contributed by atoms with Crippen LogP contribution < -0.4 is 9.47 Å². The highest BCUT2D eigenvalue weighted by atomic mass is 19.1. The van der Waals surface area contributed by atoms with Crippen LogP contribution in [0.2, 0.25) is 0 Å². The van der Waals surface area contributed by atoms with Crippen LogP contribution in [-0.2, 0) is 0 Å². The lowest BCUT2D eigenvalue weighted by molar-refractivity contribution is 0.273. The van der Waals surface area contributed by atoms with E-state index in [4.69, 9.17) is 14.6 Å². The molecule has 0 radical (unpaired) electrons. The number of unbranched alkanes of at least 4 members (excludes halogenated alkanes) is 6. The summed E-state index contributed by atoms with van der Waals surface area (Å²) in [5.41, 5.74) is 1.18. The molecule has 160 valence electrons. The van der Waals surface area contributed by atoms with E-state index < -0.39 is 11.6 Å². The highest BCUT2D eigenvalue weighted by molar-refractivity contribution is 5.65. The van der Waals surface area contributed by atoms with Crippen molar-refractivity contribution < 1.29 is 23.4 Å². The number of rotatable bonds is 14. The molecule has 1 N–H and O–H groups in total. The Bertz CT molecular complexity index is 694. The van der Waals surface area contributed by atoms with E-state index in [1.807, 2.05) is 0 Å². The first-order chi connectivity index (χ1) is 14.2. The minimum Gasteiger partial charge on any atom is -0.494 e. The molecule has 29 heavy (non-hydrogen) atoms. The Labute approximate surface area is 172 Å². The van der Waals surface area contributed by atoms with Gasteiger partial charge in [0, 0.05) is 6.61 Å². The molecule has 2 aromatic carbocycles. The molecule has 0 aliphatic heterocycles. The van der Waals surface area contributed by atoms with Gasteiger partial charge in [-0.15, -0.1) is 0 Å². The van der Waals surface area contributed by atoms with Gasteiger partial charge >= 0.3 is 0 Å². The fraction of sp³-hybridized carbons (Fsp3) is 0.500. The summed E-state index contributed by atoms with van der Waals surface area (Å²) in [7, 11) is 0. The molecule has 0 bridgehead atoms. The average Bonchev–Trinajstić information content (AvgIpc) is 2.72. The van der Waals surface area contributed by atoms with Gasteiger partial charge in [-0.25, -0.2) is 8.78 Å². The van der Waals surface area contributed by atoms with Crippen LogP contribution in [0.5, 0.6) is 11.5 Å². The molecule has 5 heteroatoms. The molecule has 0 fully saturated rings. The van der Waals surface area contributed by atoms with Gasteiger partial charge in [-0.2, -0.15) is 0 Å². The van der Waals surface area contributed by atoms with E-state index in [1.54, 1.807) is 24.3 Å². The third kappa shape index (κ3) is 8.01. The van der Waals surface area contributed by atoms with E-state index in [0.29, 0.717) is 24.3 Å². The van der Waals surface area contributed by atoms with Crippen LogP contribution in [-0.4, -0.2) is 24.9 Å². The lowest BCUT2D eigenvalue weighted by Crippen LogP contribution is -2.02. The van der Waals surface area contributed by atoms with Crippen molar-refractivity contribution in [2.75, 3.05) is 19.8 Å². The zero-order chi connectivity index (χ0) is 20.9. The molecule has 2 aromatic rings. The van der Waals surface area contributed by atoms with Crippen molar-refractivity contribution in [2.45, 2.75) is 58.3 Å². The second-order valence-corrected chi connectivity index (χ2v) is 7.19. The third-order valence-corrected chi connectivity index (χ3v) is 4.75. The van der Waals surface area contributed by atoms with E-state index in [2.05, 4.69) is 6.92 Å². The molecular weight excluding hydrogens is 374 g/mol. The SMILES string of the molecule is CCCCCCOc1c(F)cc(-c2ccc(OCCCCCCO)cc2)cc1F. The normalized spacial score (nSPS) is 10.9. The lowest BCUT2D eigenvalue weighted by atomic mass is 10.0. The molecule has 0 atom stereocenters. The Kier molecular flexibility index (Phi) is 10.5. The summed E-state index contributed by atoms with van der Waals surface area (Å²) >= 11 is 0. The van der Waals surface area contributed by atoms with E-state index in [0.717, 1.165) is 57.1 Å². The Morgan fingerprint density at radius 1 is 0.724 bits per heavy atom. The predicted molar refractivity (Wildman–Crippen MR) is 112 cm³/mol. The Morgan fingerprint density at radius 2 is 1.31 bits per heavy atom. The highest BCUT2D eigenvalue weighted by Crippen LogP contribution is 2.30. The molecule has 0 spiro atoms. The van der Waals surface area contributed by atoms with Crippen molar-refractivity contribution in [3.63, 3.8) is 0 Å². The van der Waals surface area contributed by atoms with Gasteiger partial charge in [0.05, 0.1) is 13.2 Å². The fourth-order valence-corrected chi connectivity index (χ4v) is 3.07. The van der Waals surface area contributed by atoms with E-state index >= 15 is 0 Å². The highest BCUT2D eigenvalue weighted by Gasteiger charge is 2.13. The van der Waals surface area contributed by atoms with E-state index in [-0.39, 0.29) is 12.4 Å². The van der Waals surface area contributed by atoms with Crippen molar-refractivity contribution >= 4 is 0 Å². The first-order valence-corrected chi connectivity index (χ1v) is 10.6. The number of hydrogen-bond acceptors (Lipinski definition) is 3. The van der Waals surface area contributed by atoms with Crippen LogP contribution in [0, 0.1) is 11.6 Å². The van der Waals surface area contributed by atoms with Crippen LogP contribution in [0.15, 0.2) is 36.4 Å². The second kappa shape index (κ2) is 13.2. The first kappa shape index (κ1) is 23.1. The summed E-state index contributed by atoms with van der Waals surface area (Å²) < 4.78 is 39.7. The average molecular weight is 407 g/mol. The van der Waals surface area contributed by atoms with Gasteiger partial charge in [-0.1, -0.05) is 44.7 Å². The van der Waals surface area contributed by atoms with Crippen LogP contribution in [0.1, 0.15) is 58.3 Å². The minimum atomic E-state index is -0.682. The maximum absolute atomic E-state index is 14.3. The molecule has 0 heterocycles. The Balaban J connectivity index is 1.89. The number of hydrogen-bond donors (Lipinski definition) is 1. The largest absolute Gasteiger partial charge is 0.494 e. The number of aliphatic hydroxyl groups is 1. The van der Waals surface area contributed by atoms with Crippen molar-refractivity contribution in [1.82, 2.24) is 0 Å². The molecule has 0 aromatic heterocycles. The summed E-state index contributed by atoms with van der Waals surface area (Å²) in [6.07, 6.45) is 7.75. The van der Waals surface area contributed by atoms with Crippen molar-refractivity contribution in [1.29, 1.82) is 0 Å². The summed E-state index contributed by atoms with van der Waals surface area (Å²) in [4.78, 5) is 0. The molecule has 2 rings (SSSR count). The Hall–Kier alpha value is -2.14. The monoisotopic (exact) mass is 406 g/mol. The zero-order valence-electron chi connectivity index (χ0n) is 17.3. The maximum atomic E-state index is 14.3. The van der Waals surface area contributed by atoms with E-state index in [9.17, 15) is 8.78 Å². The third-order valence-electron chi connectivity index (χ3n) is 4.75. The molecule has 0 aliphatic carbocycles. The summed E-state index contributed by atoms with van der Waals surface area (Å²) in [5, 5.41) is 8.75. The van der Waals surface area contributed by atoms with Gasteiger partial charge in [-0.05, 0) is 61.1 Å². The number of halogens is 2. The van der Waals surface area contributed by atoms with Crippen LogP contribution in [0.4, 0.5) is 8.78 Å². The maximum Gasteiger partial charge on any atom is 0.190 e. The lowest BCUT2D eigenvalue weighted by Gasteiger charge is -2.11. The standard InChI is InChI=1S/C24H32F2O3/c1-2-3-4-8-16-29-24-22(25)17-20(18-23(24)26)19-10-12-21(13-11-19)28-15-9-6-5-7-14-27/h10-13,17-18,27H,2-9,14-16H2,1H3. The van der Waals surface area contributed by atoms with Gasteiger partial charge in [0.25, 0.3) is 0 Å². The minimum absolute atomic E-state index is 0.232. The molecule has 3 nitrogen and oxygen atoms in total. The summed E-state index contributed by atoms with van der Waals surface area (Å²) in [6, 6.07) is 9.80.